The average Bonchev–Trinajstić information content (AvgIpc) is 3.19. The van der Waals surface area contributed by atoms with Crippen LogP contribution in [-0.2, 0) is 6.42 Å². The van der Waals surface area contributed by atoms with Gasteiger partial charge in [0.15, 0.2) is 0 Å². The van der Waals surface area contributed by atoms with Gasteiger partial charge in [0, 0.05) is 24.1 Å². The maximum Gasteiger partial charge on any atom is 0.305 e. The monoisotopic (exact) mass is 350 g/mol. The van der Waals surface area contributed by atoms with Gasteiger partial charge in [-0.2, -0.15) is 0 Å². The van der Waals surface area contributed by atoms with Gasteiger partial charge < -0.3 is 9.88 Å². The van der Waals surface area contributed by atoms with Crippen LogP contribution in [0, 0.1) is 0 Å². The molecule has 1 aliphatic carbocycles. The largest absolute Gasteiger partial charge is 0.335 e. The highest BCUT2D eigenvalue weighted by Gasteiger charge is 2.40. The van der Waals surface area contributed by atoms with Gasteiger partial charge in [-0.25, -0.2) is 0 Å². The molecule has 5 rings (SSSR count). The molecule has 25 heavy (non-hydrogen) atoms. The van der Waals surface area contributed by atoms with Crippen molar-refractivity contribution in [2.75, 3.05) is 6.54 Å². The van der Waals surface area contributed by atoms with E-state index < -0.39 is 0 Å². The Morgan fingerprint density at radius 1 is 1.20 bits per heavy atom. The number of aromatic nitrogens is 1. The zero-order chi connectivity index (χ0) is 17.0. The minimum atomic E-state index is -0.0797. The molecule has 2 aromatic carbocycles. The number of benzene rings is 2. The Kier molecular flexibility index (Phi) is 3.31. The van der Waals surface area contributed by atoms with E-state index in [1.165, 1.54) is 11.1 Å². The van der Waals surface area contributed by atoms with E-state index in [-0.39, 0.29) is 16.8 Å². The Hall–Kier alpha value is -2.40. The minimum absolute atomic E-state index is 0.0797. The number of thiazole rings is 1. The van der Waals surface area contributed by atoms with Crippen molar-refractivity contribution >= 4 is 27.5 Å². The first-order chi connectivity index (χ1) is 12.2. The van der Waals surface area contributed by atoms with Crippen molar-refractivity contribution in [2.45, 2.75) is 31.2 Å². The summed E-state index contributed by atoms with van der Waals surface area (Å²) in [6.07, 6.45) is 3.15. The first-order valence-corrected chi connectivity index (χ1v) is 9.54. The van der Waals surface area contributed by atoms with E-state index in [2.05, 4.69) is 34.1 Å². The third kappa shape index (κ3) is 2.34. The van der Waals surface area contributed by atoms with Gasteiger partial charge in [0.1, 0.15) is 0 Å². The molecule has 2 atom stereocenters. The van der Waals surface area contributed by atoms with Gasteiger partial charge in [-0.1, -0.05) is 35.6 Å². The van der Waals surface area contributed by atoms with Crippen LogP contribution in [0.25, 0.3) is 10.2 Å². The SMILES string of the molecule is O=C(c1ccc2[nH]c(=O)sc2c1)N1CCCC2c3ccccc3CC21. The number of hydrogen-bond acceptors (Lipinski definition) is 3. The van der Waals surface area contributed by atoms with Crippen molar-refractivity contribution in [3.63, 3.8) is 0 Å². The number of rotatable bonds is 1. The Bertz CT molecular complexity index is 1040. The molecule has 1 aromatic heterocycles. The quantitative estimate of drug-likeness (QED) is 0.730. The Morgan fingerprint density at radius 2 is 2.08 bits per heavy atom. The van der Waals surface area contributed by atoms with Gasteiger partial charge in [-0.05, 0) is 48.6 Å². The smallest absolute Gasteiger partial charge is 0.305 e. The second-order valence-electron chi connectivity index (χ2n) is 6.94. The summed E-state index contributed by atoms with van der Waals surface area (Å²) in [5.74, 6) is 0.547. The molecule has 5 heteroatoms. The maximum absolute atomic E-state index is 13.2. The molecule has 2 unspecified atom stereocenters. The molecule has 1 N–H and O–H groups in total. The van der Waals surface area contributed by atoms with Crippen LogP contribution in [0.15, 0.2) is 47.3 Å². The molecule has 1 amide bonds. The summed E-state index contributed by atoms with van der Waals surface area (Å²) < 4.78 is 0.846. The third-order valence-corrected chi connectivity index (χ3v) is 6.44. The number of hydrogen-bond donors (Lipinski definition) is 1. The first-order valence-electron chi connectivity index (χ1n) is 8.72. The number of carbonyl (C=O) groups excluding carboxylic acids is 1. The van der Waals surface area contributed by atoms with E-state index in [1.54, 1.807) is 0 Å². The fourth-order valence-electron chi connectivity index (χ4n) is 4.48. The number of fused-ring (bicyclic) bond motifs is 4. The number of likely N-dealkylation sites (tertiary alicyclic amines) is 1. The van der Waals surface area contributed by atoms with E-state index in [9.17, 15) is 9.59 Å². The molecule has 0 radical (unpaired) electrons. The van der Waals surface area contributed by atoms with Crippen LogP contribution in [0.2, 0.25) is 0 Å². The number of piperidine rings is 1. The van der Waals surface area contributed by atoms with Crippen molar-refractivity contribution in [2.24, 2.45) is 0 Å². The predicted octanol–water partition coefficient (Wildman–Crippen LogP) is 3.53. The molecule has 1 aliphatic heterocycles. The number of H-pyrrole nitrogens is 1. The van der Waals surface area contributed by atoms with Gasteiger partial charge in [-0.3, -0.25) is 9.59 Å². The summed E-state index contributed by atoms with van der Waals surface area (Å²) in [6.45, 7) is 0.815. The highest BCUT2D eigenvalue weighted by Crippen LogP contribution is 2.42. The lowest BCUT2D eigenvalue weighted by Crippen LogP contribution is -2.46. The van der Waals surface area contributed by atoms with Gasteiger partial charge in [0.25, 0.3) is 5.91 Å². The van der Waals surface area contributed by atoms with Gasteiger partial charge in [0.2, 0.25) is 0 Å². The molecule has 3 aromatic rings. The Labute approximate surface area is 149 Å². The number of nitrogens with zero attached hydrogens (tertiary/aromatic N) is 1. The van der Waals surface area contributed by atoms with Crippen molar-refractivity contribution < 1.29 is 4.79 Å². The summed E-state index contributed by atoms with van der Waals surface area (Å²) in [5, 5.41) is 0. The van der Waals surface area contributed by atoms with Gasteiger partial charge >= 0.3 is 4.87 Å². The molecule has 0 spiro atoms. The molecule has 1 fully saturated rings. The molecular formula is C20H18N2O2S. The number of amides is 1. The zero-order valence-electron chi connectivity index (χ0n) is 13.7. The fourth-order valence-corrected chi connectivity index (χ4v) is 5.25. The van der Waals surface area contributed by atoms with Crippen molar-refractivity contribution in [1.29, 1.82) is 0 Å². The highest BCUT2D eigenvalue weighted by molar-refractivity contribution is 7.16. The maximum atomic E-state index is 13.2. The molecule has 0 saturated carbocycles. The van der Waals surface area contributed by atoms with Gasteiger partial charge in [0.05, 0.1) is 10.2 Å². The second kappa shape index (κ2) is 5.56. The summed E-state index contributed by atoms with van der Waals surface area (Å²) in [5.41, 5.74) is 4.29. The normalized spacial score (nSPS) is 22.0. The lowest BCUT2D eigenvalue weighted by Gasteiger charge is -2.38. The predicted molar refractivity (Wildman–Crippen MR) is 99.4 cm³/mol. The summed E-state index contributed by atoms with van der Waals surface area (Å²) in [4.78, 5) is 29.5. The van der Waals surface area contributed by atoms with E-state index in [0.29, 0.717) is 11.5 Å². The molecular weight excluding hydrogens is 332 g/mol. The van der Waals surface area contributed by atoms with Gasteiger partial charge in [-0.15, -0.1) is 0 Å². The van der Waals surface area contributed by atoms with Crippen LogP contribution < -0.4 is 4.87 Å². The zero-order valence-corrected chi connectivity index (χ0v) is 14.5. The molecule has 126 valence electrons. The number of nitrogens with one attached hydrogen (secondary N) is 1. The standard InChI is InChI=1S/C20H18N2O2S/c23-19(13-7-8-16-18(11-13)25-20(24)21-16)22-9-3-6-15-14-5-2-1-4-12(14)10-17(15)22/h1-2,4-5,7-8,11,15,17H,3,6,9-10H2,(H,21,24). The van der Waals surface area contributed by atoms with Crippen molar-refractivity contribution in [3.8, 4) is 0 Å². The molecule has 1 saturated heterocycles. The Balaban J connectivity index is 1.49. The van der Waals surface area contributed by atoms with Crippen molar-refractivity contribution in [1.82, 2.24) is 9.88 Å². The second-order valence-corrected chi connectivity index (χ2v) is 7.96. The van der Waals surface area contributed by atoms with E-state index in [4.69, 9.17) is 0 Å². The minimum Gasteiger partial charge on any atom is -0.335 e. The summed E-state index contributed by atoms with van der Waals surface area (Å²) in [7, 11) is 0. The van der Waals surface area contributed by atoms with Crippen LogP contribution in [0.3, 0.4) is 0 Å². The lowest BCUT2D eigenvalue weighted by molar-refractivity contribution is 0.0595. The first kappa shape index (κ1) is 14.9. The number of aromatic amines is 1. The fraction of sp³-hybridized carbons (Fsp3) is 0.300. The van der Waals surface area contributed by atoms with Crippen molar-refractivity contribution in [3.05, 3.63) is 68.8 Å². The third-order valence-electron chi connectivity index (χ3n) is 5.59. The Morgan fingerprint density at radius 3 is 3.00 bits per heavy atom. The topological polar surface area (TPSA) is 53.2 Å². The molecule has 4 nitrogen and oxygen atoms in total. The summed E-state index contributed by atoms with van der Waals surface area (Å²) in [6, 6.07) is 14.4. The van der Waals surface area contributed by atoms with Crippen LogP contribution >= 0.6 is 11.3 Å². The van der Waals surface area contributed by atoms with E-state index >= 15 is 0 Å². The molecule has 2 heterocycles. The number of carbonyl (C=O) groups is 1. The molecule has 0 bridgehead atoms. The molecule has 2 aliphatic rings. The highest BCUT2D eigenvalue weighted by atomic mass is 32.1. The van der Waals surface area contributed by atoms with Crippen LogP contribution in [-0.4, -0.2) is 28.4 Å². The van der Waals surface area contributed by atoms with Crippen LogP contribution in [0.4, 0.5) is 0 Å². The summed E-state index contributed by atoms with van der Waals surface area (Å²) >= 11 is 1.16. The van der Waals surface area contributed by atoms with Crippen LogP contribution in [0.5, 0.6) is 0 Å². The lowest BCUT2D eigenvalue weighted by atomic mass is 9.88. The van der Waals surface area contributed by atoms with Crippen LogP contribution in [0.1, 0.15) is 40.2 Å². The van der Waals surface area contributed by atoms with E-state index in [0.717, 1.165) is 47.4 Å². The van der Waals surface area contributed by atoms with E-state index in [1.807, 2.05) is 18.2 Å². The average molecular weight is 350 g/mol.